The third kappa shape index (κ3) is 7.73. The van der Waals surface area contributed by atoms with Gasteiger partial charge < -0.3 is 4.74 Å². The van der Waals surface area contributed by atoms with Crippen LogP contribution in [0.2, 0.25) is 0 Å². The maximum Gasteiger partial charge on any atom is 0.414 e. The van der Waals surface area contributed by atoms with Gasteiger partial charge in [0.2, 0.25) is 5.91 Å². The number of halogens is 1. The predicted molar refractivity (Wildman–Crippen MR) is 76.9 cm³/mol. The van der Waals surface area contributed by atoms with Gasteiger partial charge in [-0.15, -0.1) is 0 Å². The molecule has 21 heavy (non-hydrogen) atoms. The van der Waals surface area contributed by atoms with E-state index in [2.05, 4.69) is 17.2 Å². The van der Waals surface area contributed by atoms with Crippen molar-refractivity contribution in [2.45, 2.75) is 39.2 Å². The summed E-state index contributed by atoms with van der Waals surface area (Å²) in [5.41, 5.74) is 0.0242. The largest absolute Gasteiger partial charge is 0.444 e. The summed E-state index contributed by atoms with van der Waals surface area (Å²) in [7, 11) is 0. The number of benzene rings is 1. The molecule has 4 nitrogen and oxygen atoms in total. The Morgan fingerprint density at radius 2 is 1.86 bits per heavy atom. The molecule has 0 aliphatic heterocycles. The maximum absolute atomic E-state index is 12.7. The number of nitrogens with one attached hydrogen (secondary N) is 1. The molecule has 112 valence electrons. The maximum atomic E-state index is 12.7. The Bertz CT molecular complexity index is 562. The lowest BCUT2D eigenvalue weighted by molar-refractivity contribution is -0.120. The molecule has 2 amide bonds. The van der Waals surface area contributed by atoms with Gasteiger partial charge in [-0.1, -0.05) is 11.8 Å². The summed E-state index contributed by atoms with van der Waals surface area (Å²) >= 11 is 0. The summed E-state index contributed by atoms with van der Waals surface area (Å²) in [4.78, 5) is 22.8. The van der Waals surface area contributed by atoms with E-state index in [4.69, 9.17) is 4.74 Å². The highest BCUT2D eigenvalue weighted by molar-refractivity contribution is 5.91. The summed E-state index contributed by atoms with van der Waals surface area (Å²) < 4.78 is 17.6. The van der Waals surface area contributed by atoms with Gasteiger partial charge in [-0.05, 0) is 45.0 Å². The Balaban J connectivity index is 2.34. The van der Waals surface area contributed by atoms with E-state index in [9.17, 15) is 14.0 Å². The molecule has 0 heterocycles. The van der Waals surface area contributed by atoms with Crippen LogP contribution in [0.1, 0.15) is 39.2 Å². The minimum Gasteiger partial charge on any atom is -0.444 e. The minimum atomic E-state index is -0.765. The van der Waals surface area contributed by atoms with Crippen LogP contribution in [-0.2, 0) is 9.53 Å². The molecule has 0 spiro atoms. The van der Waals surface area contributed by atoms with Crippen LogP contribution in [0.15, 0.2) is 24.3 Å². The van der Waals surface area contributed by atoms with E-state index in [0.717, 1.165) is 0 Å². The van der Waals surface area contributed by atoms with E-state index in [1.165, 1.54) is 12.1 Å². The predicted octanol–water partition coefficient (Wildman–Crippen LogP) is 3.01. The second-order valence-electron chi connectivity index (χ2n) is 5.36. The van der Waals surface area contributed by atoms with E-state index in [0.29, 0.717) is 12.0 Å². The molecule has 0 aliphatic rings. The lowest BCUT2D eigenvalue weighted by Crippen LogP contribution is -2.36. The number of amides is 2. The van der Waals surface area contributed by atoms with E-state index in [1.807, 2.05) is 0 Å². The first kappa shape index (κ1) is 16.7. The third-order valence-corrected chi connectivity index (χ3v) is 2.19. The molecule has 0 aliphatic carbocycles. The first-order valence-corrected chi connectivity index (χ1v) is 6.53. The molecule has 0 radical (unpaired) electrons. The van der Waals surface area contributed by atoms with Crippen molar-refractivity contribution in [3.05, 3.63) is 35.6 Å². The second kappa shape index (κ2) is 7.44. The highest BCUT2D eigenvalue weighted by Gasteiger charge is 2.17. The van der Waals surface area contributed by atoms with Gasteiger partial charge in [-0.2, -0.15) is 0 Å². The van der Waals surface area contributed by atoms with Crippen molar-refractivity contribution in [2.75, 3.05) is 0 Å². The van der Waals surface area contributed by atoms with Gasteiger partial charge in [0.15, 0.2) is 0 Å². The SMILES string of the molecule is CC(C)(C)OC(=O)NC(=O)CCC#Cc1ccc(F)cc1. The van der Waals surface area contributed by atoms with Crippen molar-refractivity contribution < 1.29 is 18.7 Å². The summed E-state index contributed by atoms with van der Waals surface area (Å²) in [6.07, 6.45) is -0.376. The Morgan fingerprint density at radius 1 is 1.24 bits per heavy atom. The fraction of sp³-hybridized carbons (Fsp3) is 0.375. The number of alkyl carbamates (subject to hydrolysis) is 1. The molecule has 5 heteroatoms. The Hall–Kier alpha value is -2.35. The molecule has 0 bridgehead atoms. The average Bonchev–Trinajstić information content (AvgIpc) is 2.34. The van der Waals surface area contributed by atoms with Crippen molar-refractivity contribution in [3.8, 4) is 11.8 Å². The number of ether oxygens (including phenoxy) is 1. The zero-order valence-electron chi connectivity index (χ0n) is 12.3. The van der Waals surface area contributed by atoms with Crippen molar-refractivity contribution in [3.63, 3.8) is 0 Å². The molecule has 1 aromatic rings. The Kier molecular flexibility index (Phi) is 5.92. The van der Waals surface area contributed by atoms with Crippen LogP contribution in [0.3, 0.4) is 0 Å². The third-order valence-electron chi connectivity index (χ3n) is 2.19. The van der Waals surface area contributed by atoms with Gasteiger partial charge in [0.1, 0.15) is 11.4 Å². The molecule has 0 unspecified atom stereocenters. The van der Waals surface area contributed by atoms with Gasteiger partial charge in [-0.25, -0.2) is 9.18 Å². The smallest absolute Gasteiger partial charge is 0.414 e. The topological polar surface area (TPSA) is 55.4 Å². The van der Waals surface area contributed by atoms with Gasteiger partial charge in [0.05, 0.1) is 0 Å². The van der Waals surface area contributed by atoms with Crippen LogP contribution in [0.4, 0.5) is 9.18 Å². The summed E-state index contributed by atoms with van der Waals surface area (Å²) in [5.74, 6) is 4.83. The normalized spacial score (nSPS) is 10.3. The fourth-order valence-corrected chi connectivity index (χ4v) is 1.35. The highest BCUT2D eigenvalue weighted by atomic mass is 19.1. The molecule has 1 N–H and O–H groups in total. The van der Waals surface area contributed by atoms with E-state index in [1.54, 1.807) is 32.9 Å². The monoisotopic (exact) mass is 291 g/mol. The number of rotatable bonds is 2. The molecule has 0 saturated heterocycles. The fourth-order valence-electron chi connectivity index (χ4n) is 1.35. The molecular weight excluding hydrogens is 273 g/mol. The molecular formula is C16H18FNO3. The molecule has 1 rings (SSSR count). The summed E-state index contributed by atoms with van der Waals surface area (Å²) in [6.45, 7) is 5.14. The number of carbonyl (C=O) groups excluding carboxylic acids is 2. The lowest BCUT2D eigenvalue weighted by atomic mass is 10.2. The Labute approximate surface area is 123 Å². The quantitative estimate of drug-likeness (QED) is 0.852. The number of imide groups is 1. The number of carbonyl (C=O) groups is 2. The van der Waals surface area contributed by atoms with E-state index < -0.39 is 17.6 Å². The van der Waals surface area contributed by atoms with Crippen LogP contribution in [0, 0.1) is 17.7 Å². The van der Waals surface area contributed by atoms with E-state index >= 15 is 0 Å². The van der Waals surface area contributed by atoms with Crippen LogP contribution in [0.5, 0.6) is 0 Å². The average molecular weight is 291 g/mol. The lowest BCUT2D eigenvalue weighted by Gasteiger charge is -2.19. The van der Waals surface area contributed by atoms with Gasteiger partial charge in [-0.3, -0.25) is 10.1 Å². The zero-order chi connectivity index (χ0) is 15.9. The first-order valence-electron chi connectivity index (χ1n) is 6.53. The molecule has 0 saturated carbocycles. The molecule has 0 fully saturated rings. The van der Waals surface area contributed by atoms with Crippen molar-refractivity contribution >= 4 is 12.0 Å². The van der Waals surface area contributed by atoms with Crippen LogP contribution < -0.4 is 5.32 Å². The molecule has 0 atom stereocenters. The van der Waals surface area contributed by atoms with Crippen LogP contribution in [0.25, 0.3) is 0 Å². The summed E-state index contributed by atoms with van der Waals surface area (Å²) in [6, 6.07) is 5.75. The zero-order valence-corrected chi connectivity index (χ0v) is 12.3. The van der Waals surface area contributed by atoms with Gasteiger partial charge in [0, 0.05) is 18.4 Å². The van der Waals surface area contributed by atoms with Crippen molar-refractivity contribution in [1.29, 1.82) is 0 Å². The Morgan fingerprint density at radius 3 is 2.43 bits per heavy atom. The second-order valence-corrected chi connectivity index (χ2v) is 5.36. The van der Waals surface area contributed by atoms with E-state index in [-0.39, 0.29) is 12.2 Å². The molecule has 1 aromatic carbocycles. The van der Waals surface area contributed by atoms with Gasteiger partial charge >= 0.3 is 6.09 Å². The minimum absolute atomic E-state index is 0.0907. The van der Waals surface area contributed by atoms with Crippen molar-refractivity contribution in [1.82, 2.24) is 5.32 Å². The standard InChI is InChI=1S/C16H18FNO3/c1-16(2,3)21-15(20)18-14(19)7-5-4-6-12-8-10-13(17)11-9-12/h8-11H,5,7H2,1-3H3,(H,18,19,20). The van der Waals surface area contributed by atoms with Crippen LogP contribution >= 0.6 is 0 Å². The number of hydrogen-bond acceptors (Lipinski definition) is 3. The summed E-state index contributed by atoms with van der Waals surface area (Å²) in [5, 5.41) is 2.13. The van der Waals surface area contributed by atoms with Gasteiger partial charge in [0.25, 0.3) is 0 Å². The molecule has 0 aromatic heterocycles. The van der Waals surface area contributed by atoms with Crippen LogP contribution in [-0.4, -0.2) is 17.6 Å². The van der Waals surface area contributed by atoms with Crippen molar-refractivity contribution in [2.24, 2.45) is 0 Å². The first-order chi connectivity index (χ1) is 9.76. The highest BCUT2D eigenvalue weighted by Crippen LogP contribution is 2.06. The number of hydrogen-bond donors (Lipinski definition) is 1.